The summed E-state index contributed by atoms with van der Waals surface area (Å²) in [6.45, 7) is 0. The zero-order valence-corrected chi connectivity index (χ0v) is 9.63. The molecule has 0 radical (unpaired) electrons. The van der Waals surface area contributed by atoms with Gasteiger partial charge in [-0.15, -0.1) is 0 Å². The van der Waals surface area contributed by atoms with Gasteiger partial charge in [0.1, 0.15) is 0 Å². The van der Waals surface area contributed by atoms with E-state index in [2.05, 4.69) is 17.2 Å². The molecule has 14 heavy (non-hydrogen) atoms. The second-order valence-corrected chi connectivity index (χ2v) is 9.47. The van der Waals surface area contributed by atoms with Crippen LogP contribution in [0.3, 0.4) is 0 Å². The molecule has 1 nitrogen and oxygen atoms in total. The van der Waals surface area contributed by atoms with Crippen molar-refractivity contribution in [2.24, 2.45) is 0 Å². The van der Waals surface area contributed by atoms with Crippen molar-refractivity contribution in [3.05, 3.63) is 24.0 Å². The van der Waals surface area contributed by atoms with E-state index in [1.54, 1.807) is 22.8 Å². The van der Waals surface area contributed by atoms with Gasteiger partial charge in [-0.25, -0.2) is 0 Å². The number of pyridine rings is 1. The van der Waals surface area contributed by atoms with Crippen molar-refractivity contribution < 1.29 is 0 Å². The van der Waals surface area contributed by atoms with E-state index >= 15 is 0 Å². The molecule has 1 fully saturated rings. The quantitative estimate of drug-likeness (QED) is 0.590. The van der Waals surface area contributed by atoms with E-state index in [0.717, 1.165) is 0 Å². The number of aryl methyl sites for hydroxylation is 1. The average Bonchev–Trinajstić information content (AvgIpc) is 2.60. The molecule has 0 bridgehead atoms. The Balaban J connectivity index is 2.03. The van der Waals surface area contributed by atoms with E-state index < -0.39 is 8.07 Å². The highest BCUT2D eigenvalue weighted by atomic mass is 28.3. The molecule has 0 unspecified atom stereocenters. The second-order valence-electron chi connectivity index (χ2n) is 4.87. The Bertz CT molecular complexity index is 336. The SMILES string of the molecule is c1cc2c(cn1)[Si]1(CCCCC1)CC2. The summed E-state index contributed by atoms with van der Waals surface area (Å²) in [6.07, 6.45) is 9.96. The van der Waals surface area contributed by atoms with Gasteiger partial charge in [-0.1, -0.05) is 31.4 Å². The minimum Gasteiger partial charge on any atom is -0.265 e. The first-order valence-electron chi connectivity index (χ1n) is 5.84. The largest absolute Gasteiger partial charge is 0.265 e. The summed E-state index contributed by atoms with van der Waals surface area (Å²) in [6, 6.07) is 6.87. The summed E-state index contributed by atoms with van der Waals surface area (Å²) in [5, 5.41) is 1.72. The molecule has 3 rings (SSSR count). The van der Waals surface area contributed by atoms with Crippen molar-refractivity contribution in [1.29, 1.82) is 0 Å². The van der Waals surface area contributed by atoms with Crippen molar-refractivity contribution in [2.45, 2.75) is 43.8 Å². The van der Waals surface area contributed by atoms with Gasteiger partial charge in [-0.2, -0.15) is 0 Å². The molecule has 74 valence electrons. The predicted molar refractivity (Wildman–Crippen MR) is 61.6 cm³/mol. The number of rotatable bonds is 0. The molecule has 2 aliphatic heterocycles. The molecule has 1 spiro atoms. The third-order valence-electron chi connectivity index (χ3n) is 4.17. The highest BCUT2D eigenvalue weighted by Gasteiger charge is 2.41. The minimum absolute atomic E-state index is 1.00. The number of nitrogens with zero attached hydrogens (tertiary/aromatic N) is 1. The molecular formula is C12H17NSi. The first-order chi connectivity index (χ1) is 6.91. The van der Waals surface area contributed by atoms with Crippen LogP contribution in [0.4, 0.5) is 0 Å². The molecule has 0 atom stereocenters. The zero-order valence-electron chi connectivity index (χ0n) is 8.63. The molecule has 0 N–H and O–H groups in total. The first kappa shape index (κ1) is 8.66. The van der Waals surface area contributed by atoms with Crippen molar-refractivity contribution in [2.75, 3.05) is 0 Å². The van der Waals surface area contributed by atoms with Gasteiger partial charge in [0.2, 0.25) is 0 Å². The number of aromatic nitrogens is 1. The van der Waals surface area contributed by atoms with E-state index in [4.69, 9.17) is 0 Å². The molecule has 1 aromatic rings. The fraction of sp³-hybridized carbons (Fsp3) is 0.583. The summed E-state index contributed by atoms with van der Waals surface area (Å²) in [5.74, 6) is 0. The summed E-state index contributed by atoms with van der Waals surface area (Å²) in [5.41, 5.74) is 1.63. The second kappa shape index (κ2) is 3.19. The molecular weight excluding hydrogens is 186 g/mol. The van der Waals surface area contributed by atoms with Crippen molar-refractivity contribution in [3.63, 3.8) is 0 Å². The molecule has 1 aromatic heterocycles. The summed E-state index contributed by atoms with van der Waals surface area (Å²) >= 11 is 0. The molecule has 0 amide bonds. The average molecular weight is 203 g/mol. The van der Waals surface area contributed by atoms with Gasteiger partial charge < -0.3 is 0 Å². The number of hydrogen-bond acceptors (Lipinski definition) is 1. The molecule has 2 heteroatoms. The fourth-order valence-corrected chi connectivity index (χ4v) is 8.77. The maximum Gasteiger partial charge on any atom is 0.0894 e. The maximum atomic E-state index is 4.34. The Hall–Kier alpha value is -0.633. The van der Waals surface area contributed by atoms with Crippen LogP contribution in [0.2, 0.25) is 18.1 Å². The third kappa shape index (κ3) is 1.17. The molecule has 0 saturated carbocycles. The topological polar surface area (TPSA) is 12.9 Å². The Morgan fingerprint density at radius 2 is 1.93 bits per heavy atom. The van der Waals surface area contributed by atoms with E-state index in [1.165, 1.54) is 31.7 Å². The van der Waals surface area contributed by atoms with E-state index in [-0.39, 0.29) is 0 Å². The lowest BCUT2D eigenvalue weighted by atomic mass is 10.2. The summed E-state index contributed by atoms with van der Waals surface area (Å²) in [4.78, 5) is 4.34. The van der Waals surface area contributed by atoms with Gasteiger partial charge in [0, 0.05) is 12.4 Å². The van der Waals surface area contributed by atoms with Crippen LogP contribution in [-0.2, 0) is 6.42 Å². The lowest BCUT2D eigenvalue weighted by molar-refractivity contribution is 0.712. The minimum atomic E-state index is -1.00. The molecule has 2 aliphatic rings. The van der Waals surface area contributed by atoms with Crippen LogP contribution in [0.1, 0.15) is 24.8 Å². The Morgan fingerprint density at radius 1 is 1.07 bits per heavy atom. The maximum absolute atomic E-state index is 4.34. The molecule has 1 saturated heterocycles. The molecule has 0 aromatic carbocycles. The number of hydrogen-bond donors (Lipinski definition) is 0. The van der Waals surface area contributed by atoms with Crippen LogP contribution in [0.15, 0.2) is 18.5 Å². The Labute approximate surface area is 86.6 Å². The fourth-order valence-electron chi connectivity index (χ4n) is 3.38. The van der Waals surface area contributed by atoms with Gasteiger partial charge in [0.15, 0.2) is 0 Å². The van der Waals surface area contributed by atoms with Gasteiger partial charge in [0.05, 0.1) is 8.07 Å². The first-order valence-corrected chi connectivity index (χ1v) is 8.46. The molecule has 3 heterocycles. The smallest absolute Gasteiger partial charge is 0.0894 e. The molecule has 0 aliphatic carbocycles. The van der Waals surface area contributed by atoms with Gasteiger partial charge in [-0.05, 0) is 29.3 Å². The van der Waals surface area contributed by atoms with Crippen LogP contribution >= 0.6 is 0 Å². The lowest BCUT2D eigenvalue weighted by Gasteiger charge is -2.31. The monoisotopic (exact) mass is 203 g/mol. The van der Waals surface area contributed by atoms with E-state index in [9.17, 15) is 0 Å². The highest BCUT2D eigenvalue weighted by molar-refractivity contribution is 6.93. The van der Waals surface area contributed by atoms with Gasteiger partial charge >= 0.3 is 0 Å². The standard InChI is InChI=1S/C12H17NSi/c1-2-7-14(8-3-1)9-5-11-4-6-13-10-12(11)14/h4,6,10H,1-3,5,7-9H2. The normalized spacial score (nSPS) is 23.7. The van der Waals surface area contributed by atoms with Crippen LogP contribution in [0.5, 0.6) is 0 Å². The third-order valence-corrected chi connectivity index (χ3v) is 9.59. The van der Waals surface area contributed by atoms with E-state index in [0.29, 0.717) is 0 Å². The van der Waals surface area contributed by atoms with Crippen LogP contribution in [0.25, 0.3) is 0 Å². The van der Waals surface area contributed by atoms with Crippen molar-refractivity contribution >= 4 is 13.3 Å². The van der Waals surface area contributed by atoms with Gasteiger partial charge in [0.25, 0.3) is 0 Å². The van der Waals surface area contributed by atoms with Crippen LogP contribution in [0, 0.1) is 0 Å². The van der Waals surface area contributed by atoms with Crippen molar-refractivity contribution in [1.82, 2.24) is 4.98 Å². The zero-order chi connectivity index (χ0) is 9.43. The Morgan fingerprint density at radius 3 is 2.79 bits per heavy atom. The lowest BCUT2D eigenvalue weighted by Crippen LogP contribution is -2.46. The van der Waals surface area contributed by atoms with Crippen molar-refractivity contribution in [3.8, 4) is 0 Å². The van der Waals surface area contributed by atoms with E-state index in [1.807, 2.05) is 6.20 Å². The van der Waals surface area contributed by atoms with Crippen LogP contribution < -0.4 is 5.19 Å². The summed E-state index contributed by atoms with van der Waals surface area (Å²) in [7, 11) is -1.00. The summed E-state index contributed by atoms with van der Waals surface area (Å²) < 4.78 is 0. The van der Waals surface area contributed by atoms with Crippen LogP contribution in [-0.4, -0.2) is 13.1 Å². The Kier molecular flexibility index (Phi) is 1.98. The highest BCUT2D eigenvalue weighted by Crippen LogP contribution is 2.36. The predicted octanol–water partition coefficient (Wildman–Crippen LogP) is 2.48. The van der Waals surface area contributed by atoms with Gasteiger partial charge in [-0.3, -0.25) is 4.98 Å². The number of fused-ring (bicyclic) bond motifs is 2.